The number of benzene rings is 1. The maximum absolute atomic E-state index is 9.14. The highest BCUT2D eigenvalue weighted by atomic mass is 16.3. The van der Waals surface area contributed by atoms with Crippen LogP contribution in [0.1, 0.15) is 13.3 Å². The lowest BCUT2D eigenvalue weighted by Crippen LogP contribution is -2.29. The van der Waals surface area contributed by atoms with Gasteiger partial charge in [0.15, 0.2) is 0 Å². The van der Waals surface area contributed by atoms with Gasteiger partial charge in [-0.3, -0.25) is 0 Å². The molecule has 0 radical (unpaired) electrons. The van der Waals surface area contributed by atoms with Gasteiger partial charge in [0, 0.05) is 13.1 Å². The number of hydrogen-bond acceptors (Lipinski definition) is 2. The van der Waals surface area contributed by atoms with Crippen LogP contribution in [0, 0.1) is 0 Å². The molecule has 80 valence electrons. The van der Waals surface area contributed by atoms with Crippen LogP contribution in [0.3, 0.4) is 0 Å². The smallest absolute Gasteiger partial charge is 0.0636 e. The Morgan fingerprint density at radius 3 is 3.00 bits per heavy atom. The molecule has 1 aliphatic rings. The number of aliphatic hydroxyl groups excluding tert-OH is 1. The van der Waals surface area contributed by atoms with Gasteiger partial charge in [0.2, 0.25) is 0 Å². The van der Waals surface area contributed by atoms with Gasteiger partial charge in [-0.25, -0.2) is 0 Å². The maximum Gasteiger partial charge on any atom is 0.0636 e. The van der Waals surface area contributed by atoms with E-state index in [-0.39, 0.29) is 6.10 Å². The molecule has 0 bridgehead atoms. The van der Waals surface area contributed by atoms with Crippen LogP contribution >= 0.6 is 0 Å². The molecule has 2 rings (SSSR count). The first-order valence-electron chi connectivity index (χ1n) is 5.43. The number of hydrogen-bond donors (Lipinski definition) is 2. The Hall–Kier alpha value is -1.12. The fourth-order valence-corrected chi connectivity index (χ4v) is 1.94. The van der Waals surface area contributed by atoms with E-state index in [2.05, 4.69) is 35.7 Å². The Morgan fingerprint density at radius 1 is 1.40 bits per heavy atom. The molecule has 2 N–H and O–H groups in total. The lowest BCUT2D eigenvalue weighted by Gasteiger charge is -2.07. The van der Waals surface area contributed by atoms with Crippen molar-refractivity contribution in [1.29, 1.82) is 0 Å². The topological polar surface area (TPSA) is 32.3 Å². The molecule has 0 fully saturated rings. The van der Waals surface area contributed by atoms with E-state index in [0.29, 0.717) is 6.54 Å². The largest absolute Gasteiger partial charge is 0.392 e. The van der Waals surface area contributed by atoms with E-state index in [0.717, 1.165) is 13.0 Å². The highest BCUT2D eigenvalue weighted by Crippen LogP contribution is 2.03. The summed E-state index contributed by atoms with van der Waals surface area (Å²) in [6, 6.07) is 8.46. The van der Waals surface area contributed by atoms with Gasteiger partial charge in [-0.15, -0.1) is 0 Å². The Bertz CT molecular complexity index is 448. The summed E-state index contributed by atoms with van der Waals surface area (Å²) in [5, 5.41) is 15.1. The molecule has 0 amide bonds. The van der Waals surface area contributed by atoms with E-state index in [9.17, 15) is 0 Å². The van der Waals surface area contributed by atoms with Crippen LogP contribution in [-0.2, 0) is 0 Å². The van der Waals surface area contributed by atoms with Crippen LogP contribution in [0.15, 0.2) is 24.3 Å². The van der Waals surface area contributed by atoms with Crippen molar-refractivity contribution >= 4 is 11.6 Å². The Morgan fingerprint density at radius 2 is 2.20 bits per heavy atom. The predicted octanol–water partition coefficient (Wildman–Crippen LogP) is -0.00810. The average Bonchev–Trinajstić information content (AvgIpc) is 2.62. The fourth-order valence-electron chi connectivity index (χ4n) is 1.94. The Kier molecular flexibility index (Phi) is 3.19. The molecular formula is C13H17NO. The number of nitrogens with one attached hydrogen (secondary N) is 1. The molecule has 0 heterocycles. The molecule has 2 heteroatoms. The second-order valence-electron chi connectivity index (χ2n) is 4.08. The summed E-state index contributed by atoms with van der Waals surface area (Å²) in [6.45, 7) is 3.33. The second kappa shape index (κ2) is 4.60. The van der Waals surface area contributed by atoms with E-state index in [1.54, 1.807) is 6.92 Å². The first-order valence-corrected chi connectivity index (χ1v) is 5.43. The Balaban J connectivity index is 2.10. The van der Waals surface area contributed by atoms with Gasteiger partial charge in [0.1, 0.15) is 0 Å². The van der Waals surface area contributed by atoms with Crippen molar-refractivity contribution in [2.45, 2.75) is 19.4 Å². The standard InChI is InChI=1S/C13H17NO/c1-10(15)8-14-9-12-7-6-11-4-2-3-5-13(11)12/h2-6,10,14-15H,7-9H2,1H3. The van der Waals surface area contributed by atoms with Crippen LogP contribution in [-0.4, -0.2) is 24.3 Å². The quantitative estimate of drug-likeness (QED) is 0.721. The van der Waals surface area contributed by atoms with Gasteiger partial charge in [-0.1, -0.05) is 30.3 Å². The molecule has 1 unspecified atom stereocenters. The molecule has 1 aromatic rings. The average molecular weight is 203 g/mol. The van der Waals surface area contributed by atoms with Crippen molar-refractivity contribution in [3.63, 3.8) is 0 Å². The minimum atomic E-state index is -0.272. The second-order valence-corrected chi connectivity index (χ2v) is 4.08. The van der Waals surface area contributed by atoms with Crippen molar-refractivity contribution in [2.24, 2.45) is 0 Å². The summed E-state index contributed by atoms with van der Waals surface area (Å²) >= 11 is 0. The van der Waals surface area contributed by atoms with Crippen molar-refractivity contribution in [3.05, 3.63) is 34.7 Å². The zero-order valence-corrected chi connectivity index (χ0v) is 9.03. The van der Waals surface area contributed by atoms with E-state index in [1.165, 1.54) is 16.0 Å². The third-order valence-electron chi connectivity index (χ3n) is 2.69. The molecular weight excluding hydrogens is 186 g/mol. The first kappa shape index (κ1) is 10.4. The number of fused-ring (bicyclic) bond motifs is 1. The molecule has 15 heavy (non-hydrogen) atoms. The minimum Gasteiger partial charge on any atom is -0.392 e. The van der Waals surface area contributed by atoms with Crippen molar-refractivity contribution in [3.8, 4) is 0 Å². The highest BCUT2D eigenvalue weighted by molar-refractivity contribution is 5.60. The Labute approximate surface area is 89.9 Å². The van der Waals surface area contributed by atoms with Gasteiger partial charge >= 0.3 is 0 Å². The molecule has 1 aliphatic carbocycles. The number of aliphatic hydroxyl groups is 1. The fraction of sp³-hybridized carbons (Fsp3) is 0.385. The van der Waals surface area contributed by atoms with Crippen molar-refractivity contribution < 1.29 is 5.11 Å². The highest BCUT2D eigenvalue weighted by Gasteiger charge is 2.04. The molecule has 0 aromatic heterocycles. The zero-order valence-electron chi connectivity index (χ0n) is 9.03. The van der Waals surface area contributed by atoms with E-state index >= 15 is 0 Å². The van der Waals surface area contributed by atoms with Crippen LogP contribution in [0.4, 0.5) is 0 Å². The van der Waals surface area contributed by atoms with E-state index in [4.69, 9.17) is 5.11 Å². The molecule has 1 atom stereocenters. The summed E-state index contributed by atoms with van der Waals surface area (Å²) in [4.78, 5) is 0. The summed E-state index contributed by atoms with van der Waals surface area (Å²) in [6.07, 6.45) is 3.02. The van der Waals surface area contributed by atoms with Gasteiger partial charge in [0.25, 0.3) is 0 Å². The van der Waals surface area contributed by atoms with E-state index < -0.39 is 0 Å². The third kappa shape index (κ3) is 2.46. The molecule has 1 aromatic carbocycles. The molecule has 0 saturated carbocycles. The van der Waals surface area contributed by atoms with Crippen LogP contribution in [0.5, 0.6) is 0 Å². The third-order valence-corrected chi connectivity index (χ3v) is 2.69. The first-order chi connectivity index (χ1) is 7.27. The monoisotopic (exact) mass is 203 g/mol. The summed E-state index contributed by atoms with van der Waals surface area (Å²) < 4.78 is 0. The molecule has 0 saturated heterocycles. The van der Waals surface area contributed by atoms with Gasteiger partial charge in [-0.05, 0) is 29.4 Å². The zero-order chi connectivity index (χ0) is 10.7. The van der Waals surface area contributed by atoms with Crippen LogP contribution in [0.2, 0.25) is 0 Å². The summed E-state index contributed by atoms with van der Waals surface area (Å²) in [5.74, 6) is 0. The summed E-state index contributed by atoms with van der Waals surface area (Å²) in [7, 11) is 0. The van der Waals surface area contributed by atoms with Crippen LogP contribution < -0.4 is 15.8 Å². The molecule has 0 spiro atoms. The minimum absolute atomic E-state index is 0.272. The number of rotatable bonds is 4. The van der Waals surface area contributed by atoms with Crippen molar-refractivity contribution in [1.82, 2.24) is 5.32 Å². The predicted molar refractivity (Wildman–Crippen MR) is 62.7 cm³/mol. The SMILES string of the molecule is CC(O)CNCC1=c2ccccc2=CC1. The van der Waals surface area contributed by atoms with Crippen molar-refractivity contribution in [2.75, 3.05) is 13.1 Å². The molecule has 2 nitrogen and oxygen atoms in total. The molecule has 0 aliphatic heterocycles. The van der Waals surface area contributed by atoms with Gasteiger partial charge in [-0.2, -0.15) is 0 Å². The van der Waals surface area contributed by atoms with Crippen LogP contribution in [0.25, 0.3) is 11.6 Å². The van der Waals surface area contributed by atoms with E-state index in [1.807, 2.05) is 0 Å². The normalized spacial score (nSPS) is 16.0. The van der Waals surface area contributed by atoms with Gasteiger partial charge in [0.05, 0.1) is 6.10 Å². The summed E-state index contributed by atoms with van der Waals surface area (Å²) in [5.41, 5.74) is 1.42. The lowest BCUT2D eigenvalue weighted by atomic mass is 10.2. The maximum atomic E-state index is 9.14. The lowest BCUT2D eigenvalue weighted by molar-refractivity contribution is 0.193. The van der Waals surface area contributed by atoms with Gasteiger partial charge < -0.3 is 10.4 Å².